The van der Waals surface area contributed by atoms with Crippen molar-refractivity contribution in [3.8, 4) is 0 Å². The number of aromatic nitrogens is 2. The molecule has 1 aliphatic rings. The number of nitrogens with one attached hydrogen (secondary N) is 1. The Balaban J connectivity index is 1.75. The van der Waals surface area contributed by atoms with E-state index in [1.807, 2.05) is 30.3 Å². The van der Waals surface area contributed by atoms with E-state index in [4.69, 9.17) is 9.47 Å². The van der Waals surface area contributed by atoms with Crippen LogP contribution in [0.25, 0.3) is 6.08 Å². The Morgan fingerprint density at radius 3 is 2.68 bits per heavy atom. The molecule has 1 amide bonds. The summed E-state index contributed by atoms with van der Waals surface area (Å²) in [5.74, 6) is -0.0320. The zero-order valence-electron chi connectivity index (χ0n) is 15.2. The van der Waals surface area contributed by atoms with Gasteiger partial charge in [0, 0.05) is 11.8 Å². The minimum Gasteiger partial charge on any atom is -0.444 e. The van der Waals surface area contributed by atoms with Crippen LogP contribution in [0.3, 0.4) is 0 Å². The number of aliphatic hydroxyl groups is 2. The lowest BCUT2D eigenvalue weighted by Gasteiger charge is -2.18. The van der Waals surface area contributed by atoms with Gasteiger partial charge in [0.25, 0.3) is 0 Å². The first-order valence-electron chi connectivity index (χ1n) is 8.65. The van der Waals surface area contributed by atoms with Crippen molar-refractivity contribution < 1.29 is 24.5 Å². The number of hydrogen-bond acceptors (Lipinski definition) is 7. The Labute approximate surface area is 160 Å². The van der Waals surface area contributed by atoms with Gasteiger partial charge < -0.3 is 19.7 Å². The van der Waals surface area contributed by atoms with Gasteiger partial charge >= 0.3 is 11.8 Å². The van der Waals surface area contributed by atoms with Crippen LogP contribution in [-0.4, -0.2) is 44.2 Å². The Hall–Kier alpha value is -3.01. The third kappa shape index (κ3) is 4.11. The van der Waals surface area contributed by atoms with Gasteiger partial charge in [-0.2, -0.15) is 4.98 Å². The molecule has 0 radical (unpaired) electrons. The minimum atomic E-state index is -1.29. The van der Waals surface area contributed by atoms with Crippen LogP contribution in [0.5, 0.6) is 0 Å². The van der Waals surface area contributed by atoms with Gasteiger partial charge in [-0.05, 0) is 12.5 Å². The Morgan fingerprint density at radius 2 is 2.07 bits per heavy atom. The molecule has 4 atom stereocenters. The lowest BCUT2D eigenvalue weighted by Crippen LogP contribution is -2.36. The van der Waals surface area contributed by atoms with Gasteiger partial charge in [0.2, 0.25) is 0 Å². The monoisotopic (exact) mass is 387 g/mol. The summed E-state index contributed by atoms with van der Waals surface area (Å²) in [7, 11) is 0. The van der Waals surface area contributed by atoms with Gasteiger partial charge in [0.15, 0.2) is 6.23 Å². The normalized spacial score (nSPS) is 24.0. The molecule has 1 saturated heterocycles. The highest BCUT2D eigenvalue weighted by atomic mass is 16.6. The highest BCUT2D eigenvalue weighted by Crippen LogP contribution is 2.28. The van der Waals surface area contributed by atoms with Crippen LogP contribution in [0, 0.1) is 0 Å². The Kier molecular flexibility index (Phi) is 5.88. The molecule has 28 heavy (non-hydrogen) atoms. The van der Waals surface area contributed by atoms with Crippen LogP contribution in [0.15, 0.2) is 47.9 Å². The van der Waals surface area contributed by atoms with Gasteiger partial charge in [-0.15, -0.1) is 0 Å². The van der Waals surface area contributed by atoms with E-state index in [2.05, 4.69) is 16.9 Å². The first kappa shape index (κ1) is 19.7. The van der Waals surface area contributed by atoms with E-state index in [1.54, 1.807) is 6.92 Å². The van der Waals surface area contributed by atoms with Gasteiger partial charge in [0.1, 0.15) is 24.6 Å². The van der Waals surface area contributed by atoms with Gasteiger partial charge in [-0.3, -0.25) is 9.88 Å². The summed E-state index contributed by atoms with van der Waals surface area (Å²) in [6.07, 6.45) is -2.22. The van der Waals surface area contributed by atoms with Crippen LogP contribution in [0.4, 0.5) is 10.6 Å². The average molecular weight is 387 g/mol. The lowest BCUT2D eigenvalue weighted by atomic mass is 10.1. The second-order valence-electron chi connectivity index (χ2n) is 6.34. The molecule has 0 bridgehead atoms. The van der Waals surface area contributed by atoms with Crippen molar-refractivity contribution in [1.82, 2.24) is 9.55 Å². The van der Waals surface area contributed by atoms with Crippen LogP contribution < -0.4 is 11.0 Å². The highest BCUT2D eigenvalue weighted by Gasteiger charge is 2.42. The predicted octanol–water partition coefficient (Wildman–Crippen LogP) is 1.27. The van der Waals surface area contributed by atoms with E-state index in [0.717, 1.165) is 10.1 Å². The molecule has 1 fully saturated rings. The summed E-state index contributed by atoms with van der Waals surface area (Å²) >= 11 is 0. The van der Waals surface area contributed by atoms with Crippen LogP contribution >= 0.6 is 0 Å². The van der Waals surface area contributed by atoms with E-state index in [-0.39, 0.29) is 12.4 Å². The number of aliphatic hydroxyl groups excluding tert-OH is 2. The number of amides is 1. The van der Waals surface area contributed by atoms with Crippen molar-refractivity contribution in [2.24, 2.45) is 0 Å². The van der Waals surface area contributed by atoms with Gasteiger partial charge in [-0.25, -0.2) is 9.59 Å². The molecule has 9 heteroatoms. The zero-order valence-corrected chi connectivity index (χ0v) is 15.2. The molecule has 9 nitrogen and oxygen atoms in total. The molecule has 2 unspecified atom stereocenters. The fourth-order valence-electron chi connectivity index (χ4n) is 2.83. The van der Waals surface area contributed by atoms with Crippen molar-refractivity contribution in [2.45, 2.75) is 38.1 Å². The second-order valence-corrected chi connectivity index (χ2v) is 6.34. The molecule has 2 aromatic rings. The average Bonchev–Trinajstić information content (AvgIpc) is 2.94. The topological polar surface area (TPSA) is 123 Å². The summed E-state index contributed by atoms with van der Waals surface area (Å²) in [6, 6.07) is 9.12. The summed E-state index contributed by atoms with van der Waals surface area (Å²) in [5, 5.41) is 22.3. The number of nitrogens with zero attached hydrogens (tertiary/aromatic N) is 2. The van der Waals surface area contributed by atoms with Gasteiger partial charge in [-0.1, -0.05) is 43.0 Å². The summed E-state index contributed by atoms with van der Waals surface area (Å²) in [4.78, 5) is 28.2. The minimum absolute atomic E-state index is 0.0320. The zero-order chi connectivity index (χ0) is 20.3. The third-order valence-electron chi connectivity index (χ3n) is 4.38. The van der Waals surface area contributed by atoms with Crippen molar-refractivity contribution in [2.75, 3.05) is 5.32 Å². The molecule has 148 valence electrons. The number of ether oxygens (including phenoxy) is 2. The van der Waals surface area contributed by atoms with Crippen LogP contribution in [-0.2, 0) is 16.1 Å². The maximum absolute atomic E-state index is 12.4. The fraction of sp³-hybridized carbons (Fsp3) is 0.316. The lowest BCUT2D eigenvalue weighted by molar-refractivity contribution is -0.0350. The third-order valence-corrected chi connectivity index (χ3v) is 4.38. The number of rotatable bonds is 5. The van der Waals surface area contributed by atoms with Crippen molar-refractivity contribution in [3.05, 3.63) is 64.7 Å². The number of hydrogen-bond donors (Lipinski definition) is 3. The van der Waals surface area contributed by atoms with Crippen molar-refractivity contribution in [1.29, 1.82) is 0 Å². The predicted molar refractivity (Wildman–Crippen MR) is 100 cm³/mol. The molecule has 0 spiro atoms. The molecule has 1 aliphatic heterocycles. The van der Waals surface area contributed by atoms with Crippen LogP contribution in [0.2, 0.25) is 0 Å². The molecular formula is C19H21N3O6. The highest BCUT2D eigenvalue weighted by molar-refractivity contribution is 5.85. The molecule has 1 aromatic heterocycles. The second kappa shape index (κ2) is 8.34. The Morgan fingerprint density at radius 1 is 1.36 bits per heavy atom. The summed E-state index contributed by atoms with van der Waals surface area (Å²) < 4.78 is 11.6. The van der Waals surface area contributed by atoms with E-state index < -0.39 is 36.3 Å². The van der Waals surface area contributed by atoms with Crippen LogP contribution in [0.1, 0.15) is 24.3 Å². The number of anilines is 1. The van der Waals surface area contributed by atoms with Crippen molar-refractivity contribution >= 4 is 18.0 Å². The van der Waals surface area contributed by atoms with E-state index in [1.165, 1.54) is 12.3 Å². The van der Waals surface area contributed by atoms with E-state index >= 15 is 0 Å². The number of carbonyl (C=O) groups excluding carboxylic acids is 1. The quantitative estimate of drug-likeness (QED) is 0.706. The summed E-state index contributed by atoms with van der Waals surface area (Å²) in [6.45, 7) is 5.28. The molecule has 1 aromatic carbocycles. The van der Waals surface area contributed by atoms with E-state index in [0.29, 0.717) is 5.56 Å². The molecule has 0 aliphatic carbocycles. The largest absolute Gasteiger partial charge is 0.444 e. The Bertz CT molecular complexity index is 914. The van der Waals surface area contributed by atoms with Gasteiger partial charge in [0.05, 0.1) is 6.10 Å². The standard InChI is InChI=1S/C19H21N3O6/c1-3-13-9-22(17-15(24)14(23)11(2)28-17)18(25)20-16(13)21-19(26)27-10-12-7-5-4-6-8-12/h3-9,11,14-15,17,23-24H,1,10H2,2H3,(H,20,21,25,26)/t11-,14?,15?,17-/m1/s1. The molecular weight excluding hydrogens is 366 g/mol. The fourth-order valence-corrected chi connectivity index (χ4v) is 2.83. The molecule has 2 heterocycles. The maximum atomic E-state index is 12.4. The van der Waals surface area contributed by atoms with Crippen molar-refractivity contribution in [3.63, 3.8) is 0 Å². The number of carbonyl (C=O) groups is 1. The molecule has 0 saturated carbocycles. The van der Waals surface area contributed by atoms with E-state index in [9.17, 15) is 19.8 Å². The smallest absolute Gasteiger partial charge is 0.413 e. The molecule has 3 N–H and O–H groups in total. The molecule has 3 rings (SSSR count). The number of benzene rings is 1. The first-order chi connectivity index (χ1) is 13.4. The SMILES string of the molecule is C=Cc1cn([C@@H]2O[C@H](C)C(O)C2O)c(=O)nc1NC(=O)OCc1ccccc1. The maximum Gasteiger partial charge on any atom is 0.413 e. The first-order valence-corrected chi connectivity index (χ1v) is 8.65. The summed E-state index contributed by atoms with van der Waals surface area (Å²) in [5.41, 5.74) is 0.362.